The van der Waals surface area contributed by atoms with Crippen LogP contribution in [0.1, 0.15) is 34.2 Å². The number of aliphatic carboxylic acids is 1. The third kappa shape index (κ3) is 4.79. The van der Waals surface area contributed by atoms with Crippen molar-refractivity contribution in [2.45, 2.75) is 45.9 Å². The van der Waals surface area contributed by atoms with Gasteiger partial charge >= 0.3 is 5.97 Å². The Morgan fingerprint density at radius 3 is 1.84 bits per heavy atom. The molecule has 25 heavy (non-hydrogen) atoms. The van der Waals surface area contributed by atoms with Crippen LogP contribution >= 0.6 is 0 Å². The highest BCUT2D eigenvalue weighted by Gasteiger charge is 2.23. The maximum Gasteiger partial charge on any atom is 0.323 e. The largest absolute Gasteiger partial charge is 0.480 e. The molecule has 8 heteroatoms. The van der Waals surface area contributed by atoms with Crippen LogP contribution < -0.4 is 4.72 Å². The van der Waals surface area contributed by atoms with Crippen molar-refractivity contribution in [2.75, 3.05) is 20.1 Å². The second kappa shape index (κ2) is 7.97. The molecular formula is C17H26N2O5S. The van der Waals surface area contributed by atoms with E-state index in [1.54, 1.807) is 13.8 Å². The van der Waals surface area contributed by atoms with Gasteiger partial charge in [-0.15, -0.1) is 0 Å². The molecule has 1 rings (SSSR count). The van der Waals surface area contributed by atoms with Crippen LogP contribution in [0, 0.1) is 34.6 Å². The number of amides is 1. The predicted octanol–water partition coefficient (Wildman–Crippen LogP) is 1.44. The molecule has 140 valence electrons. The summed E-state index contributed by atoms with van der Waals surface area (Å²) in [6.07, 6.45) is -0.106. The Morgan fingerprint density at radius 1 is 0.960 bits per heavy atom. The Balaban J connectivity index is 2.95. The molecule has 0 heterocycles. The second-order valence-corrected chi connectivity index (χ2v) is 7.95. The molecule has 0 aromatic heterocycles. The van der Waals surface area contributed by atoms with Crippen molar-refractivity contribution >= 4 is 21.9 Å². The van der Waals surface area contributed by atoms with Gasteiger partial charge in [-0.2, -0.15) is 0 Å². The third-order valence-electron chi connectivity index (χ3n) is 4.63. The number of rotatable bonds is 7. The lowest BCUT2D eigenvalue weighted by molar-refractivity contribution is -0.143. The number of carbonyl (C=O) groups is 2. The number of benzene rings is 1. The number of carboxylic acid groups (broad SMARTS) is 1. The molecular weight excluding hydrogens is 344 g/mol. The topological polar surface area (TPSA) is 104 Å². The SMILES string of the molecule is Cc1c(C)c(C)c(S(=O)(=O)NCCC(=O)N(C)CC(=O)O)c(C)c1C. The molecule has 0 spiro atoms. The van der Waals surface area contributed by atoms with Crippen molar-refractivity contribution in [1.82, 2.24) is 9.62 Å². The van der Waals surface area contributed by atoms with Gasteiger partial charge in [0.15, 0.2) is 0 Å². The van der Waals surface area contributed by atoms with E-state index in [-0.39, 0.29) is 17.9 Å². The quantitative estimate of drug-likeness (QED) is 0.756. The molecule has 0 saturated carbocycles. The highest BCUT2D eigenvalue weighted by molar-refractivity contribution is 7.89. The highest BCUT2D eigenvalue weighted by atomic mass is 32.2. The Labute approximate surface area is 149 Å². The van der Waals surface area contributed by atoms with E-state index in [1.165, 1.54) is 7.05 Å². The molecule has 0 unspecified atom stereocenters. The van der Waals surface area contributed by atoms with Crippen molar-refractivity contribution in [3.63, 3.8) is 0 Å². The van der Waals surface area contributed by atoms with Crippen LogP contribution in [0.4, 0.5) is 0 Å². The molecule has 1 aromatic rings. The van der Waals surface area contributed by atoms with Crippen molar-refractivity contribution in [3.8, 4) is 0 Å². The summed E-state index contributed by atoms with van der Waals surface area (Å²) < 4.78 is 27.8. The van der Waals surface area contributed by atoms with E-state index in [2.05, 4.69) is 4.72 Å². The monoisotopic (exact) mass is 370 g/mol. The Bertz CT molecular complexity index is 771. The minimum Gasteiger partial charge on any atom is -0.480 e. The van der Waals surface area contributed by atoms with E-state index in [0.29, 0.717) is 11.1 Å². The number of sulfonamides is 1. The molecule has 0 atom stereocenters. The van der Waals surface area contributed by atoms with Crippen LogP contribution in [0.2, 0.25) is 0 Å². The third-order valence-corrected chi connectivity index (χ3v) is 6.36. The maximum absolute atomic E-state index is 12.7. The molecule has 0 fully saturated rings. The summed E-state index contributed by atoms with van der Waals surface area (Å²) in [5.41, 5.74) is 4.32. The van der Waals surface area contributed by atoms with Crippen LogP contribution in [-0.4, -0.2) is 50.4 Å². The van der Waals surface area contributed by atoms with Gasteiger partial charge in [0.05, 0.1) is 4.90 Å². The Hall–Kier alpha value is -1.93. The van der Waals surface area contributed by atoms with Crippen molar-refractivity contribution in [3.05, 3.63) is 27.8 Å². The van der Waals surface area contributed by atoms with Gasteiger partial charge in [0, 0.05) is 20.0 Å². The van der Waals surface area contributed by atoms with Gasteiger partial charge in [-0.25, -0.2) is 13.1 Å². The molecule has 0 aliphatic carbocycles. The van der Waals surface area contributed by atoms with E-state index in [4.69, 9.17) is 5.11 Å². The van der Waals surface area contributed by atoms with Crippen LogP contribution in [0.25, 0.3) is 0 Å². The summed E-state index contributed by atoms with van der Waals surface area (Å²) in [6.45, 7) is 8.78. The van der Waals surface area contributed by atoms with Gasteiger partial charge in [0.2, 0.25) is 15.9 Å². The average molecular weight is 370 g/mol. The first kappa shape index (κ1) is 21.1. The van der Waals surface area contributed by atoms with Crippen molar-refractivity contribution in [1.29, 1.82) is 0 Å². The Kier molecular flexibility index (Phi) is 6.73. The number of nitrogens with one attached hydrogen (secondary N) is 1. The fourth-order valence-corrected chi connectivity index (χ4v) is 4.34. The molecule has 2 N–H and O–H groups in total. The number of carboxylic acids is 1. The number of carbonyl (C=O) groups excluding carboxylic acids is 1. The molecule has 0 aliphatic heterocycles. The highest BCUT2D eigenvalue weighted by Crippen LogP contribution is 2.29. The van der Waals surface area contributed by atoms with E-state index < -0.39 is 28.4 Å². The number of hydrogen-bond acceptors (Lipinski definition) is 4. The molecule has 7 nitrogen and oxygen atoms in total. The van der Waals surface area contributed by atoms with Crippen LogP contribution in [0.3, 0.4) is 0 Å². The van der Waals surface area contributed by atoms with Gasteiger partial charge in [-0.3, -0.25) is 9.59 Å². The normalized spacial score (nSPS) is 11.4. The van der Waals surface area contributed by atoms with E-state index in [1.807, 2.05) is 20.8 Å². The van der Waals surface area contributed by atoms with Gasteiger partial charge in [0.1, 0.15) is 6.54 Å². The fraction of sp³-hybridized carbons (Fsp3) is 0.529. The molecule has 1 amide bonds. The summed E-state index contributed by atoms with van der Waals surface area (Å²) >= 11 is 0. The predicted molar refractivity (Wildman–Crippen MR) is 95.2 cm³/mol. The van der Waals surface area contributed by atoms with E-state index >= 15 is 0 Å². The molecule has 0 saturated heterocycles. The van der Waals surface area contributed by atoms with E-state index in [9.17, 15) is 18.0 Å². The van der Waals surface area contributed by atoms with Crippen molar-refractivity contribution in [2.24, 2.45) is 0 Å². The molecule has 0 bridgehead atoms. The summed E-state index contributed by atoms with van der Waals surface area (Å²) in [4.78, 5) is 23.7. The zero-order chi connectivity index (χ0) is 19.5. The van der Waals surface area contributed by atoms with Gasteiger partial charge < -0.3 is 10.0 Å². The smallest absolute Gasteiger partial charge is 0.323 e. The van der Waals surface area contributed by atoms with Gasteiger partial charge in [-0.1, -0.05) is 0 Å². The van der Waals surface area contributed by atoms with Crippen LogP contribution in [-0.2, 0) is 19.6 Å². The lowest BCUT2D eigenvalue weighted by Gasteiger charge is -2.19. The van der Waals surface area contributed by atoms with Crippen molar-refractivity contribution < 1.29 is 23.1 Å². The lowest BCUT2D eigenvalue weighted by Crippen LogP contribution is -2.35. The summed E-state index contributed by atoms with van der Waals surface area (Å²) in [6, 6.07) is 0. The second-order valence-electron chi connectivity index (χ2n) is 6.25. The minimum atomic E-state index is -3.76. The number of nitrogens with zero attached hydrogens (tertiary/aromatic N) is 1. The maximum atomic E-state index is 12.7. The van der Waals surface area contributed by atoms with Gasteiger partial charge in [-0.05, 0) is 62.4 Å². The average Bonchev–Trinajstić information content (AvgIpc) is 2.49. The van der Waals surface area contributed by atoms with E-state index in [0.717, 1.165) is 21.6 Å². The van der Waals surface area contributed by atoms with Crippen LogP contribution in [0.15, 0.2) is 4.90 Å². The summed E-state index contributed by atoms with van der Waals surface area (Å²) in [5, 5.41) is 8.67. The fourth-order valence-electron chi connectivity index (χ4n) is 2.72. The van der Waals surface area contributed by atoms with Crippen LogP contribution in [0.5, 0.6) is 0 Å². The zero-order valence-corrected chi connectivity index (χ0v) is 16.4. The standard InChI is InChI=1S/C17H26N2O5S/c1-10-11(2)13(4)17(14(5)12(10)3)25(23,24)18-8-7-15(20)19(6)9-16(21)22/h18H,7-9H2,1-6H3,(H,21,22). The minimum absolute atomic E-state index is 0.0873. The molecule has 1 aromatic carbocycles. The first-order chi connectivity index (χ1) is 11.4. The summed E-state index contributed by atoms with van der Waals surface area (Å²) in [5.74, 6) is -1.55. The lowest BCUT2D eigenvalue weighted by atomic mass is 9.95. The zero-order valence-electron chi connectivity index (χ0n) is 15.6. The van der Waals surface area contributed by atoms with Gasteiger partial charge in [0.25, 0.3) is 0 Å². The number of hydrogen-bond donors (Lipinski definition) is 2. The number of likely N-dealkylation sites (N-methyl/N-ethyl adjacent to an activating group) is 1. The first-order valence-electron chi connectivity index (χ1n) is 7.92. The molecule has 0 radical (unpaired) electrons. The Morgan fingerprint density at radius 2 is 1.40 bits per heavy atom. The first-order valence-corrected chi connectivity index (χ1v) is 9.40. The summed E-state index contributed by atoms with van der Waals surface area (Å²) in [7, 11) is -2.40. The molecule has 0 aliphatic rings.